The Morgan fingerprint density at radius 3 is 2.41 bits per heavy atom. The summed E-state index contributed by atoms with van der Waals surface area (Å²) in [6, 6.07) is 5.33. The molecule has 1 unspecified atom stereocenters. The third-order valence-corrected chi connectivity index (χ3v) is 5.12. The van der Waals surface area contributed by atoms with Crippen LogP contribution in [0.2, 0.25) is 0 Å². The van der Waals surface area contributed by atoms with E-state index in [0.29, 0.717) is 24.0 Å². The number of likely N-dealkylation sites (N-methyl/N-ethyl adjacent to an activating group) is 1. The zero-order valence-corrected chi connectivity index (χ0v) is 17.7. The van der Waals surface area contributed by atoms with Gasteiger partial charge in [0.05, 0.1) is 12.1 Å². The van der Waals surface area contributed by atoms with Crippen LogP contribution in [0.15, 0.2) is 29.3 Å². The number of piperazine rings is 1. The summed E-state index contributed by atoms with van der Waals surface area (Å²) in [7, 11) is 0. The summed E-state index contributed by atoms with van der Waals surface area (Å²) in [6.07, 6.45) is -4.33. The highest BCUT2D eigenvalue weighted by Gasteiger charge is 2.30. The first-order chi connectivity index (χ1) is 13.8. The van der Waals surface area contributed by atoms with Crippen molar-refractivity contribution in [1.82, 2.24) is 20.4 Å². The summed E-state index contributed by atoms with van der Waals surface area (Å²) in [4.78, 5) is 9.41. The van der Waals surface area contributed by atoms with Gasteiger partial charge >= 0.3 is 6.18 Å². The molecule has 1 aromatic carbocycles. The van der Waals surface area contributed by atoms with Gasteiger partial charge in [0.1, 0.15) is 0 Å². The summed E-state index contributed by atoms with van der Waals surface area (Å²) in [5.74, 6) is 1.08. The molecule has 29 heavy (non-hydrogen) atoms. The van der Waals surface area contributed by atoms with E-state index in [1.807, 2.05) is 6.92 Å². The van der Waals surface area contributed by atoms with Gasteiger partial charge in [-0.15, -0.1) is 0 Å². The van der Waals surface area contributed by atoms with Crippen LogP contribution in [0.5, 0.6) is 0 Å². The molecule has 1 heterocycles. The maximum atomic E-state index is 12.9. The average Bonchev–Trinajstić information content (AvgIpc) is 2.70. The molecule has 2 rings (SSSR count). The number of nitrogens with zero attached hydrogens (tertiary/aromatic N) is 3. The molecule has 1 fully saturated rings. The van der Waals surface area contributed by atoms with Gasteiger partial charge in [-0.05, 0) is 37.1 Å². The highest BCUT2D eigenvalue weighted by molar-refractivity contribution is 5.79. The fraction of sp³-hybridized carbons (Fsp3) is 0.667. The van der Waals surface area contributed by atoms with Gasteiger partial charge in [-0.2, -0.15) is 13.2 Å². The van der Waals surface area contributed by atoms with Crippen molar-refractivity contribution in [2.24, 2.45) is 10.9 Å². The highest BCUT2D eigenvalue weighted by Crippen LogP contribution is 2.29. The Labute approximate surface area is 172 Å². The van der Waals surface area contributed by atoms with E-state index in [9.17, 15) is 13.2 Å². The van der Waals surface area contributed by atoms with Crippen molar-refractivity contribution in [3.8, 4) is 0 Å². The quantitative estimate of drug-likeness (QED) is 0.508. The fourth-order valence-corrected chi connectivity index (χ4v) is 3.42. The summed E-state index contributed by atoms with van der Waals surface area (Å²) in [5.41, 5.74) is -0.0983. The summed E-state index contributed by atoms with van der Waals surface area (Å²) >= 11 is 0. The molecule has 1 saturated heterocycles. The maximum Gasteiger partial charge on any atom is 0.416 e. The van der Waals surface area contributed by atoms with Crippen LogP contribution in [-0.4, -0.2) is 68.1 Å². The van der Waals surface area contributed by atoms with Gasteiger partial charge in [-0.3, -0.25) is 0 Å². The van der Waals surface area contributed by atoms with Gasteiger partial charge in [-0.1, -0.05) is 26.0 Å². The lowest BCUT2D eigenvalue weighted by Crippen LogP contribution is -2.48. The SMILES string of the molecule is CCNC(=NCc1cccc(C(F)(F)F)c1)NCC(C)CN1CCN(CC)CC1. The molecule has 1 aliphatic rings. The van der Waals surface area contributed by atoms with Crippen LogP contribution in [0.3, 0.4) is 0 Å². The lowest BCUT2D eigenvalue weighted by molar-refractivity contribution is -0.137. The van der Waals surface area contributed by atoms with Crippen LogP contribution in [0.25, 0.3) is 0 Å². The number of nitrogens with one attached hydrogen (secondary N) is 2. The third kappa shape index (κ3) is 8.22. The Balaban J connectivity index is 1.84. The number of hydrogen-bond donors (Lipinski definition) is 2. The molecule has 2 N–H and O–H groups in total. The number of guanidine groups is 1. The van der Waals surface area contributed by atoms with E-state index in [2.05, 4.69) is 39.3 Å². The number of hydrogen-bond acceptors (Lipinski definition) is 3. The molecular weight excluding hydrogens is 379 g/mol. The number of alkyl halides is 3. The zero-order chi connectivity index (χ0) is 21.3. The number of halogens is 3. The zero-order valence-electron chi connectivity index (χ0n) is 17.7. The van der Waals surface area contributed by atoms with Gasteiger partial charge in [-0.25, -0.2) is 4.99 Å². The molecule has 0 aliphatic carbocycles. The lowest BCUT2D eigenvalue weighted by Gasteiger charge is -2.35. The molecule has 1 atom stereocenters. The van der Waals surface area contributed by atoms with Crippen LogP contribution < -0.4 is 10.6 Å². The predicted octanol–water partition coefficient (Wildman–Crippen LogP) is 3.03. The molecule has 0 aromatic heterocycles. The van der Waals surface area contributed by atoms with E-state index in [4.69, 9.17) is 0 Å². The monoisotopic (exact) mass is 413 g/mol. The van der Waals surface area contributed by atoms with Crippen molar-refractivity contribution >= 4 is 5.96 Å². The topological polar surface area (TPSA) is 42.9 Å². The Morgan fingerprint density at radius 1 is 1.10 bits per heavy atom. The van der Waals surface area contributed by atoms with E-state index in [1.54, 1.807) is 6.07 Å². The smallest absolute Gasteiger partial charge is 0.357 e. The molecule has 0 radical (unpaired) electrons. The van der Waals surface area contributed by atoms with Crippen LogP contribution in [0, 0.1) is 5.92 Å². The van der Waals surface area contributed by atoms with Crippen LogP contribution in [0.1, 0.15) is 31.9 Å². The molecule has 164 valence electrons. The summed E-state index contributed by atoms with van der Waals surface area (Å²) in [5, 5.41) is 6.49. The standard InChI is InChI=1S/C21H34F3N5/c1-4-25-20(27-15-18-7-6-8-19(13-18)21(22,23)24)26-14-17(3)16-29-11-9-28(5-2)10-12-29/h6-8,13,17H,4-5,9-12,14-16H2,1-3H3,(H2,25,26,27). The maximum absolute atomic E-state index is 12.9. The number of rotatable bonds is 8. The highest BCUT2D eigenvalue weighted by atomic mass is 19.4. The first-order valence-corrected chi connectivity index (χ1v) is 10.4. The predicted molar refractivity (Wildman–Crippen MR) is 112 cm³/mol. The Kier molecular flexibility index (Phi) is 9.23. The van der Waals surface area contributed by atoms with Crippen LogP contribution in [-0.2, 0) is 12.7 Å². The molecule has 0 amide bonds. The fourth-order valence-electron chi connectivity index (χ4n) is 3.42. The van der Waals surface area contributed by atoms with E-state index >= 15 is 0 Å². The van der Waals surface area contributed by atoms with Gasteiger partial charge < -0.3 is 20.4 Å². The van der Waals surface area contributed by atoms with E-state index < -0.39 is 11.7 Å². The first kappa shape index (κ1) is 23.5. The van der Waals surface area contributed by atoms with Crippen molar-refractivity contribution in [2.75, 3.05) is 52.4 Å². The van der Waals surface area contributed by atoms with Crippen LogP contribution >= 0.6 is 0 Å². The normalized spacial score (nSPS) is 17.9. The molecule has 1 aliphatic heterocycles. The second kappa shape index (κ2) is 11.4. The van der Waals surface area contributed by atoms with Gasteiger partial charge in [0.2, 0.25) is 0 Å². The minimum absolute atomic E-state index is 0.201. The van der Waals surface area contributed by atoms with Crippen molar-refractivity contribution in [3.63, 3.8) is 0 Å². The van der Waals surface area contributed by atoms with Crippen molar-refractivity contribution < 1.29 is 13.2 Å². The molecule has 8 heteroatoms. The Morgan fingerprint density at radius 2 is 1.79 bits per heavy atom. The minimum atomic E-state index is -4.33. The van der Waals surface area contributed by atoms with Crippen molar-refractivity contribution in [2.45, 2.75) is 33.5 Å². The Bertz CT molecular complexity index is 639. The second-order valence-electron chi connectivity index (χ2n) is 7.61. The summed E-state index contributed by atoms with van der Waals surface area (Å²) < 4.78 is 38.6. The second-order valence-corrected chi connectivity index (χ2v) is 7.61. The molecule has 0 bridgehead atoms. The number of aliphatic imine (C=N–C) groups is 1. The van der Waals surface area contributed by atoms with Crippen LogP contribution in [0.4, 0.5) is 13.2 Å². The third-order valence-electron chi connectivity index (χ3n) is 5.12. The average molecular weight is 414 g/mol. The lowest BCUT2D eigenvalue weighted by atomic mass is 10.1. The molecule has 1 aromatic rings. The van der Waals surface area contributed by atoms with Gasteiger partial charge in [0, 0.05) is 45.8 Å². The van der Waals surface area contributed by atoms with E-state index in [1.165, 1.54) is 6.07 Å². The first-order valence-electron chi connectivity index (χ1n) is 10.4. The van der Waals surface area contributed by atoms with E-state index in [-0.39, 0.29) is 6.54 Å². The molecular formula is C21H34F3N5. The largest absolute Gasteiger partial charge is 0.416 e. The Hall–Kier alpha value is -1.80. The molecule has 0 spiro atoms. The molecule has 5 nitrogen and oxygen atoms in total. The van der Waals surface area contributed by atoms with Crippen molar-refractivity contribution in [1.29, 1.82) is 0 Å². The number of benzene rings is 1. The van der Waals surface area contributed by atoms with Crippen molar-refractivity contribution in [3.05, 3.63) is 35.4 Å². The molecule has 0 saturated carbocycles. The van der Waals surface area contributed by atoms with E-state index in [0.717, 1.165) is 57.9 Å². The van der Waals surface area contributed by atoms with Gasteiger partial charge in [0.15, 0.2) is 5.96 Å². The van der Waals surface area contributed by atoms with Gasteiger partial charge in [0.25, 0.3) is 0 Å². The summed E-state index contributed by atoms with van der Waals surface area (Å²) in [6.45, 7) is 14.6. The minimum Gasteiger partial charge on any atom is -0.357 e.